The van der Waals surface area contributed by atoms with Crippen molar-refractivity contribution in [3.05, 3.63) is 23.6 Å². The molecule has 0 radical (unpaired) electrons. The van der Waals surface area contributed by atoms with Gasteiger partial charge in [-0.1, -0.05) is 13.8 Å². The first-order valence-electron chi connectivity index (χ1n) is 7.16. The summed E-state index contributed by atoms with van der Waals surface area (Å²) in [7, 11) is 1.59. The van der Waals surface area contributed by atoms with Gasteiger partial charge in [0.25, 0.3) is 5.91 Å². The Morgan fingerprint density at radius 3 is 2.65 bits per heavy atom. The molecule has 1 aliphatic heterocycles. The smallest absolute Gasteiger partial charge is 0.257 e. The van der Waals surface area contributed by atoms with Crippen LogP contribution in [0.5, 0.6) is 0 Å². The van der Waals surface area contributed by atoms with Crippen LogP contribution in [0.2, 0.25) is 0 Å². The Labute approximate surface area is 119 Å². The molecule has 5 heteroatoms. The fraction of sp³-hybridized carbons (Fsp3) is 0.600. The summed E-state index contributed by atoms with van der Waals surface area (Å²) in [5.41, 5.74) is 0.104. The predicted molar refractivity (Wildman–Crippen MR) is 77.2 cm³/mol. The molecule has 0 bridgehead atoms. The van der Waals surface area contributed by atoms with Crippen molar-refractivity contribution in [3.8, 4) is 0 Å². The standard InChI is InChI=1S/C15H22FN3O/c1-10(2)11-5-8-19(9-6-11)15(20)12-4-7-18-14(17-3)13(12)16/h4,7,10-11H,5-6,8-9H2,1-3H3,(H,17,18). The van der Waals surface area contributed by atoms with E-state index in [9.17, 15) is 9.18 Å². The molecule has 1 fully saturated rings. The second-order valence-electron chi connectivity index (χ2n) is 5.64. The van der Waals surface area contributed by atoms with Crippen LogP contribution in [0.15, 0.2) is 12.3 Å². The lowest BCUT2D eigenvalue weighted by Gasteiger charge is -2.34. The van der Waals surface area contributed by atoms with Gasteiger partial charge >= 0.3 is 0 Å². The van der Waals surface area contributed by atoms with Gasteiger partial charge in [-0.2, -0.15) is 0 Å². The van der Waals surface area contributed by atoms with Crippen molar-refractivity contribution < 1.29 is 9.18 Å². The van der Waals surface area contributed by atoms with Crippen molar-refractivity contribution in [2.45, 2.75) is 26.7 Å². The molecule has 110 valence electrons. The van der Waals surface area contributed by atoms with Crippen molar-refractivity contribution >= 4 is 11.7 Å². The van der Waals surface area contributed by atoms with E-state index in [-0.39, 0.29) is 17.3 Å². The van der Waals surface area contributed by atoms with E-state index in [1.54, 1.807) is 11.9 Å². The number of amides is 1. The zero-order valence-electron chi connectivity index (χ0n) is 12.3. The van der Waals surface area contributed by atoms with Gasteiger partial charge in [-0.05, 0) is 30.7 Å². The summed E-state index contributed by atoms with van der Waals surface area (Å²) in [6.07, 6.45) is 3.45. The molecular weight excluding hydrogens is 257 g/mol. The first-order valence-corrected chi connectivity index (χ1v) is 7.16. The molecule has 1 amide bonds. The van der Waals surface area contributed by atoms with Crippen molar-refractivity contribution in [2.24, 2.45) is 11.8 Å². The number of aromatic nitrogens is 1. The van der Waals surface area contributed by atoms with Crippen LogP contribution in [0.3, 0.4) is 0 Å². The zero-order chi connectivity index (χ0) is 14.7. The second-order valence-corrected chi connectivity index (χ2v) is 5.64. The van der Waals surface area contributed by atoms with E-state index in [2.05, 4.69) is 24.1 Å². The molecule has 0 aromatic carbocycles. The number of hydrogen-bond acceptors (Lipinski definition) is 3. The van der Waals surface area contributed by atoms with Gasteiger partial charge in [0.2, 0.25) is 0 Å². The number of rotatable bonds is 3. The molecule has 1 aromatic heterocycles. The van der Waals surface area contributed by atoms with Crippen LogP contribution in [0.1, 0.15) is 37.0 Å². The normalized spacial score (nSPS) is 16.6. The Hall–Kier alpha value is -1.65. The summed E-state index contributed by atoms with van der Waals surface area (Å²) in [6, 6.07) is 1.45. The Kier molecular flexibility index (Phi) is 4.57. The molecule has 2 rings (SSSR count). The van der Waals surface area contributed by atoms with Gasteiger partial charge in [0.05, 0.1) is 5.56 Å². The highest BCUT2D eigenvalue weighted by molar-refractivity contribution is 5.95. The van der Waals surface area contributed by atoms with E-state index in [0.29, 0.717) is 24.9 Å². The molecular formula is C15H22FN3O. The maximum absolute atomic E-state index is 14.1. The quantitative estimate of drug-likeness (QED) is 0.925. The number of halogens is 1. The van der Waals surface area contributed by atoms with E-state index >= 15 is 0 Å². The minimum atomic E-state index is -0.564. The molecule has 2 heterocycles. The van der Waals surface area contributed by atoms with E-state index in [1.165, 1.54) is 12.3 Å². The molecule has 1 aliphatic rings. The van der Waals surface area contributed by atoms with E-state index in [0.717, 1.165) is 12.8 Å². The topological polar surface area (TPSA) is 45.2 Å². The van der Waals surface area contributed by atoms with Gasteiger partial charge < -0.3 is 10.2 Å². The minimum absolute atomic E-state index is 0.104. The van der Waals surface area contributed by atoms with Crippen LogP contribution in [0.4, 0.5) is 10.2 Å². The van der Waals surface area contributed by atoms with Crippen molar-refractivity contribution in [2.75, 3.05) is 25.5 Å². The first kappa shape index (κ1) is 14.8. The van der Waals surface area contributed by atoms with Gasteiger partial charge in [0.15, 0.2) is 11.6 Å². The fourth-order valence-corrected chi connectivity index (χ4v) is 2.72. The molecule has 1 N–H and O–H groups in total. The highest BCUT2D eigenvalue weighted by Gasteiger charge is 2.27. The van der Waals surface area contributed by atoms with Gasteiger partial charge in [-0.15, -0.1) is 0 Å². The number of pyridine rings is 1. The second kappa shape index (κ2) is 6.20. The van der Waals surface area contributed by atoms with Crippen LogP contribution in [-0.2, 0) is 0 Å². The summed E-state index contributed by atoms with van der Waals surface area (Å²) in [4.78, 5) is 18.0. The molecule has 4 nitrogen and oxygen atoms in total. The summed E-state index contributed by atoms with van der Waals surface area (Å²) in [5, 5.41) is 2.66. The van der Waals surface area contributed by atoms with Gasteiger partial charge in [-0.3, -0.25) is 4.79 Å². The lowest BCUT2D eigenvalue weighted by Crippen LogP contribution is -2.39. The number of anilines is 1. The third-order valence-electron chi connectivity index (χ3n) is 4.13. The molecule has 0 saturated carbocycles. The Morgan fingerprint density at radius 1 is 1.45 bits per heavy atom. The van der Waals surface area contributed by atoms with Gasteiger partial charge in [-0.25, -0.2) is 9.37 Å². The number of carbonyl (C=O) groups excluding carboxylic acids is 1. The van der Waals surface area contributed by atoms with Crippen LogP contribution in [-0.4, -0.2) is 35.9 Å². The molecule has 1 aromatic rings. The zero-order valence-corrected chi connectivity index (χ0v) is 12.3. The number of likely N-dealkylation sites (tertiary alicyclic amines) is 1. The van der Waals surface area contributed by atoms with Gasteiger partial charge in [0, 0.05) is 26.3 Å². The monoisotopic (exact) mass is 279 g/mol. The SMILES string of the molecule is CNc1nccc(C(=O)N2CCC(C(C)C)CC2)c1F. The first-order chi connectivity index (χ1) is 9.54. The van der Waals surface area contributed by atoms with E-state index in [1.807, 2.05) is 0 Å². The van der Waals surface area contributed by atoms with E-state index < -0.39 is 5.82 Å². The summed E-state index contributed by atoms with van der Waals surface area (Å²) < 4.78 is 14.1. The highest BCUT2D eigenvalue weighted by Crippen LogP contribution is 2.26. The van der Waals surface area contributed by atoms with Crippen molar-refractivity contribution in [1.29, 1.82) is 0 Å². The third kappa shape index (κ3) is 2.92. The summed E-state index contributed by atoms with van der Waals surface area (Å²) in [5.74, 6) is 0.623. The average Bonchev–Trinajstić information content (AvgIpc) is 2.47. The Morgan fingerprint density at radius 2 is 2.10 bits per heavy atom. The maximum Gasteiger partial charge on any atom is 0.257 e. The van der Waals surface area contributed by atoms with Crippen LogP contribution < -0.4 is 5.32 Å². The average molecular weight is 279 g/mol. The molecule has 0 unspecified atom stereocenters. The molecule has 0 atom stereocenters. The highest BCUT2D eigenvalue weighted by atomic mass is 19.1. The van der Waals surface area contributed by atoms with E-state index in [4.69, 9.17) is 0 Å². The number of carbonyl (C=O) groups is 1. The lowest BCUT2D eigenvalue weighted by molar-refractivity contribution is 0.0663. The van der Waals surface area contributed by atoms with Crippen molar-refractivity contribution in [3.63, 3.8) is 0 Å². The number of piperidine rings is 1. The molecule has 20 heavy (non-hydrogen) atoms. The largest absolute Gasteiger partial charge is 0.371 e. The number of nitrogens with zero attached hydrogens (tertiary/aromatic N) is 2. The third-order valence-corrected chi connectivity index (χ3v) is 4.13. The van der Waals surface area contributed by atoms with Crippen LogP contribution in [0, 0.1) is 17.7 Å². The maximum atomic E-state index is 14.1. The predicted octanol–water partition coefficient (Wildman–Crippen LogP) is 2.77. The summed E-state index contributed by atoms with van der Waals surface area (Å²) >= 11 is 0. The summed E-state index contributed by atoms with van der Waals surface area (Å²) in [6.45, 7) is 5.84. The van der Waals surface area contributed by atoms with Gasteiger partial charge in [0.1, 0.15) is 0 Å². The number of hydrogen-bond donors (Lipinski definition) is 1. The van der Waals surface area contributed by atoms with Crippen molar-refractivity contribution in [1.82, 2.24) is 9.88 Å². The fourth-order valence-electron chi connectivity index (χ4n) is 2.72. The lowest BCUT2D eigenvalue weighted by atomic mass is 9.86. The Bertz CT molecular complexity index is 482. The van der Waals surface area contributed by atoms with Crippen LogP contribution >= 0.6 is 0 Å². The Balaban J connectivity index is 2.09. The molecule has 0 aliphatic carbocycles. The molecule has 1 saturated heterocycles. The van der Waals surface area contributed by atoms with Crippen LogP contribution in [0.25, 0.3) is 0 Å². The number of nitrogens with one attached hydrogen (secondary N) is 1. The minimum Gasteiger partial charge on any atom is -0.371 e. The molecule has 0 spiro atoms.